The molecule has 0 bridgehead atoms. The third-order valence-electron chi connectivity index (χ3n) is 2.23. The number of rotatable bonds is 3. The van der Waals surface area contributed by atoms with E-state index in [2.05, 4.69) is 10.1 Å². The van der Waals surface area contributed by atoms with Gasteiger partial charge in [-0.05, 0) is 0 Å². The van der Waals surface area contributed by atoms with E-state index in [1.54, 1.807) is 15.3 Å². The summed E-state index contributed by atoms with van der Waals surface area (Å²) in [6, 6.07) is 7.72. The van der Waals surface area contributed by atoms with Crippen LogP contribution in [0.4, 0.5) is 0 Å². The number of hydrogen-bond acceptors (Lipinski definition) is 4. The van der Waals surface area contributed by atoms with Crippen molar-refractivity contribution in [1.29, 1.82) is 0 Å². The van der Waals surface area contributed by atoms with Crippen LogP contribution in [-0.2, 0) is 30.1 Å². The van der Waals surface area contributed by atoms with Gasteiger partial charge in [0.25, 0.3) is 0 Å². The minimum absolute atomic E-state index is 0.566. The number of nitrogens with zero attached hydrogens (tertiary/aromatic N) is 2. The fourth-order valence-corrected chi connectivity index (χ4v) is 11.9. The maximum atomic E-state index is 11.2. The fourth-order valence-electron chi connectivity index (χ4n) is 1.32. The normalized spacial score (nSPS) is 10.1. The Kier molecular flexibility index (Phi) is 4.63. The van der Waals surface area contributed by atoms with Crippen LogP contribution in [0.25, 0.3) is 0 Å². The van der Waals surface area contributed by atoms with Gasteiger partial charge in [-0.1, -0.05) is 0 Å². The van der Waals surface area contributed by atoms with Crippen molar-refractivity contribution < 1.29 is 23.1 Å². The van der Waals surface area contributed by atoms with Gasteiger partial charge < -0.3 is 0 Å². The Labute approximate surface area is 122 Å². The Morgan fingerprint density at radius 2 is 2.00 bits per heavy atom. The Morgan fingerprint density at radius 1 is 1.33 bits per heavy atom. The van der Waals surface area contributed by atoms with Crippen LogP contribution in [0.5, 0.6) is 0 Å². The number of aryl methyl sites for hydroxylation is 1. The van der Waals surface area contributed by atoms with E-state index in [1.807, 2.05) is 24.3 Å². The molecule has 0 aliphatic rings. The molecule has 0 unspecified atom stereocenters. The summed E-state index contributed by atoms with van der Waals surface area (Å²) in [6.07, 6.45) is 0. The minimum atomic E-state index is -1.44. The predicted octanol–water partition coefficient (Wildman–Crippen LogP) is 0.537. The summed E-state index contributed by atoms with van der Waals surface area (Å²) in [5.74, 6) is 0. The molecule has 0 aliphatic carbocycles. The van der Waals surface area contributed by atoms with Crippen molar-refractivity contribution in [3.8, 4) is 0 Å². The molecule has 90 valence electrons. The molecule has 2 rings (SSSR count). The Balaban J connectivity index is 2.15. The molecule has 2 aromatic rings. The first-order valence-electron chi connectivity index (χ1n) is 5.11. The predicted molar refractivity (Wildman–Crippen MR) is 67.0 cm³/mol. The standard InChI is InChI=1S/C6H4Cl.C4H5N3O2S.Hg/c7-6-4-2-1-3-5-6;1-7-4(10)5-2(8)3(9)6-7;/h2-5H;1H3,(H,6,9)(H,5,8,10);/q;;+1/p-1. The number of nitrogens with one attached hydrogen (secondary N) is 1. The van der Waals surface area contributed by atoms with E-state index < -0.39 is 34.2 Å². The average molecular weight is 470 g/mol. The van der Waals surface area contributed by atoms with Crippen molar-refractivity contribution in [2.24, 2.45) is 7.05 Å². The van der Waals surface area contributed by atoms with E-state index in [9.17, 15) is 9.59 Å². The molecule has 1 heterocycles. The Hall–Kier alpha value is -0.595. The monoisotopic (exact) mass is 471 g/mol. The van der Waals surface area contributed by atoms with Crippen LogP contribution in [-0.4, -0.2) is 14.8 Å². The van der Waals surface area contributed by atoms with E-state index in [4.69, 9.17) is 11.6 Å². The summed E-state index contributed by atoms with van der Waals surface area (Å²) in [4.78, 5) is 26.0. The molecule has 18 heavy (non-hydrogen) atoms. The summed E-state index contributed by atoms with van der Waals surface area (Å²) in [5, 5.41) is 3.71. The molecule has 0 spiro atoms. The molecule has 0 aliphatic heterocycles. The van der Waals surface area contributed by atoms with E-state index in [1.165, 1.54) is 7.75 Å². The summed E-state index contributed by atoms with van der Waals surface area (Å²) < 4.78 is 2.77. The van der Waals surface area contributed by atoms with Crippen LogP contribution in [0.3, 0.4) is 0 Å². The molecule has 0 saturated heterocycles. The molecule has 1 N–H and O–H groups in total. The molecule has 0 saturated carbocycles. The van der Waals surface area contributed by atoms with Gasteiger partial charge in [-0.2, -0.15) is 0 Å². The third-order valence-corrected chi connectivity index (χ3v) is 14.0. The summed E-state index contributed by atoms with van der Waals surface area (Å²) >= 11 is 4.37. The van der Waals surface area contributed by atoms with Gasteiger partial charge in [-0.25, -0.2) is 0 Å². The fraction of sp³-hybridized carbons (Fsp3) is 0.100. The summed E-state index contributed by atoms with van der Waals surface area (Å²) in [6.45, 7) is 0. The van der Waals surface area contributed by atoms with Crippen molar-refractivity contribution in [3.63, 3.8) is 0 Å². The SMILES string of the molecule is Cn1[nH]c(=O)c(=O)nc1[S][Hg][c]1ccc(Cl)cc1. The van der Waals surface area contributed by atoms with Crippen molar-refractivity contribution in [2.75, 3.05) is 0 Å². The number of H-pyrrole nitrogens is 1. The van der Waals surface area contributed by atoms with Crippen LogP contribution in [0.15, 0.2) is 39.0 Å². The van der Waals surface area contributed by atoms with Gasteiger partial charge in [0.2, 0.25) is 0 Å². The van der Waals surface area contributed by atoms with Crippen LogP contribution in [0.1, 0.15) is 0 Å². The second-order valence-corrected chi connectivity index (χ2v) is 14.9. The Bertz CT molecular complexity index is 668. The van der Waals surface area contributed by atoms with E-state index >= 15 is 0 Å². The number of aromatic nitrogens is 3. The molecule has 0 radical (unpaired) electrons. The first-order valence-corrected chi connectivity index (χ1v) is 16.0. The molecule has 5 nitrogen and oxygen atoms in total. The van der Waals surface area contributed by atoms with Gasteiger partial charge in [-0.3, -0.25) is 0 Å². The van der Waals surface area contributed by atoms with Crippen LogP contribution < -0.4 is 14.2 Å². The van der Waals surface area contributed by atoms with E-state index in [0.29, 0.717) is 10.2 Å². The number of halogens is 1. The van der Waals surface area contributed by atoms with Crippen molar-refractivity contribution in [1.82, 2.24) is 14.8 Å². The zero-order valence-corrected chi connectivity index (χ0v) is 16.6. The van der Waals surface area contributed by atoms with Crippen LogP contribution in [0, 0.1) is 0 Å². The van der Waals surface area contributed by atoms with Crippen molar-refractivity contribution >= 4 is 22.9 Å². The molecular weight excluding hydrogens is 462 g/mol. The van der Waals surface area contributed by atoms with E-state index in [0.717, 1.165) is 0 Å². The number of benzene rings is 1. The van der Waals surface area contributed by atoms with Gasteiger partial charge in [0.15, 0.2) is 0 Å². The zero-order valence-electron chi connectivity index (χ0n) is 9.51. The van der Waals surface area contributed by atoms with Crippen LogP contribution in [0.2, 0.25) is 5.02 Å². The quantitative estimate of drug-likeness (QED) is 0.526. The van der Waals surface area contributed by atoms with Gasteiger partial charge in [0, 0.05) is 0 Å². The van der Waals surface area contributed by atoms with E-state index in [-0.39, 0.29) is 0 Å². The summed E-state index contributed by atoms with van der Waals surface area (Å²) in [5.41, 5.74) is -1.43. The molecule has 1 aromatic heterocycles. The van der Waals surface area contributed by atoms with Gasteiger partial charge >= 0.3 is 123 Å². The topological polar surface area (TPSA) is 67.8 Å². The van der Waals surface area contributed by atoms with Crippen LogP contribution >= 0.6 is 19.8 Å². The average Bonchev–Trinajstić information content (AvgIpc) is 2.34. The molecule has 0 fully saturated rings. The molecule has 1 aromatic carbocycles. The molecule has 8 heteroatoms. The second-order valence-electron chi connectivity index (χ2n) is 3.61. The zero-order chi connectivity index (χ0) is 13.1. The molecule has 0 amide bonds. The maximum absolute atomic E-state index is 11.2. The second kappa shape index (κ2) is 6.03. The van der Waals surface area contributed by atoms with Gasteiger partial charge in [0.05, 0.1) is 0 Å². The van der Waals surface area contributed by atoms with Gasteiger partial charge in [-0.15, -0.1) is 0 Å². The number of aromatic amines is 1. The molecule has 0 atom stereocenters. The van der Waals surface area contributed by atoms with Crippen molar-refractivity contribution in [2.45, 2.75) is 5.16 Å². The number of hydrogen-bond donors (Lipinski definition) is 1. The first kappa shape index (κ1) is 13.8. The molecular formula is C10H8ClHgN3O2S. The third kappa shape index (κ3) is 3.46. The van der Waals surface area contributed by atoms with Crippen molar-refractivity contribution in [3.05, 3.63) is 50.0 Å². The summed E-state index contributed by atoms with van der Waals surface area (Å²) in [7, 11) is 3.26. The van der Waals surface area contributed by atoms with Gasteiger partial charge in [0.1, 0.15) is 0 Å². The Morgan fingerprint density at radius 3 is 2.67 bits per heavy atom. The first-order chi connectivity index (χ1) is 8.56.